The monoisotopic (exact) mass is 1040 g/mol. The summed E-state index contributed by atoms with van der Waals surface area (Å²) in [5.41, 5.74) is 17.6. The molecule has 0 saturated heterocycles. The zero-order valence-electron chi connectivity index (χ0n) is 43.2. The normalized spacial score (nSPS) is 13.7. The van der Waals surface area contributed by atoms with Gasteiger partial charge in [0.25, 0.3) is 20.1 Å². The van der Waals surface area contributed by atoms with Gasteiger partial charge in [0.1, 0.15) is 46.0 Å². The second-order valence-electron chi connectivity index (χ2n) is 21.3. The van der Waals surface area contributed by atoms with Gasteiger partial charge in [-0.25, -0.2) is 15.0 Å². The van der Waals surface area contributed by atoms with Crippen molar-refractivity contribution in [2.24, 2.45) is 0 Å². The van der Waals surface area contributed by atoms with Crippen molar-refractivity contribution in [1.82, 2.24) is 15.0 Å². The average Bonchev–Trinajstić information content (AvgIpc) is 3.01. The molecule has 0 N–H and O–H groups in total. The molecule has 374 valence electrons. The van der Waals surface area contributed by atoms with Crippen molar-refractivity contribution >= 4 is 103 Å². The number of aromatic nitrogens is 3. The molecule has 0 radical (unpaired) electrons. The molecule has 6 aliphatic heterocycles. The molecule has 0 aliphatic carbocycles. The van der Waals surface area contributed by atoms with Gasteiger partial charge < -0.3 is 28.7 Å². The van der Waals surface area contributed by atoms with Crippen LogP contribution in [0.25, 0.3) is 34.2 Å². The van der Waals surface area contributed by atoms with Gasteiger partial charge in [-0.05, 0) is 98.9 Å². The van der Waals surface area contributed by atoms with Crippen LogP contribution < -0.4 is 77.9 Å². The second kappa shape index (κ2) is 17.0. The maximum absolute atomic E-state index is 7.57. The van der Waals surface area contributed by atoms with E-state index in [0.29, 0.717) is 17.5 Å². The quantitative estimate of drug-likeness (QED) is 0.157. The third kappa shape index (κ3) is 6.44. The van der Waals surface area contributed by atoms with E-state index in [1.807, 2.05) is 36.4 Å². The van der Waals surface area contributed by atoms with Gasteiger partial charge in [0.15, 0.2) is 17.5 Å². The third-order valence-corrected chi connectivity index (χ3v) is 16.9. The third-order valence-electron chi connectivity index (χ3n) is 16.9. The van der Waals surface area contributed by atoms with Crippen molar-refractivity contribution in [3.8, 4) is 80.2 Å². The fourth-order valence-electron chi connectivity index (χ4n) is 13.6. The largest absolute Gasteiger partial charge is 0.459 e. The van der Waals surface area contributed by atoms with Crippen LogP contribution in [0.2, 0.25) is 0 Å². The van der Waals surface area contributed by atoms with E-state index in [1.165, 1.54) is 0 Å². The number of rotatable bonds is 5. The molecule has 9 nitrogen and oxygen atoms in total. The molecule has 0 spiro atoms. The van der Waals surface area contributed by atoms with Crippen molar-refractivity contribution in [1.29, 1.82) is 0 Å². The smallest absolute Gasteiger partial charge is 0.261 e. The number of ether oxygens (including phenoxy) is 4. The predicted molar refractivity (Wildman–Crippen MR) is 326 cm³/mol. The van der Waals surface area contributed by atoms with Crippen LogP contribution in [0.3, 0.4) is 0 Å². The maximum Gasteiger partial charge on any atom is 0.261 e. The zero-order valence-corrected chi connectivity index (χ0v) is 43.2. The number of anilines is 6. The fourth-order valence-corrected chi connectivity index (χ4v) is 13.6. The Morgan fingerprint density at radius 3 is 0.975 bits per heavy atom. The summed E-state index contributed by atoms with van der Waals surface area (Å²) < 4.78 is 29.5. The minimum Gasteiger partial charge on any atom is -0.459 e. The summed E-state index contributed by atoms with van der Waals surface area (Å²) in [4.78, 5) is 20.7. The van der Waals surface area contributed by atoms with E-state index in [2.05, 4.69) is 216 Å². The number of nitrogens with zero attached hydrogens (tertiary/aromatic N) is 5. The highest BCUT2D eigenvalue weighted by Crippen LogP contribution is 2.51. The molecule has 0 amide bonds. The van der Waals surface area contributed by atoms with Crippen LogP contribution in [0.4, 0.5) is 34.1 Å². The minimum atomic E-state index is -0.487. The van der Waals surface area contributed by atoms with E-state index >= 15 is 0 Å². The average molecular weight is 1040 g/mol. The molecule has 6 aliphatic rings. The summed E-state index contributed by atoms with van der Waals surface area (Å²) >= 11 is 0. The highest BCUT2D eigenvalue weighted by Gasteiger charge is 2.53. The molecule has 18 rings (SSSR count). The summed E-state index contributed by atoms with van der Waals surface area (Å²) in [7, 11) is 0. The Balaban J connectivity index is 1.00. The van der Waals surface area contributed by atoms with Gasteiger partial charge in [-0.1, -0.05) is 170 Å². The summed E-state index contributed by atoms with van der Waals surface area (Å²) in [5.74, 6) is 7.94. The van der Waals surface area contributed by atoms with Gasteiger partial charge in [-0.3, -0.25) is 0 Å². The first kappa shape index (κ1) is 44.4. The van der Waals surface area contributed by atoms with E-state index in [1.54, 1.807) is 0 Å². The van der Waals surface area contributed by atoms with Crippen LogP contribution in [-0.4, -0.2) is 35.1 Å². The van der Waals surface area contributed by atoms with Crippen LogP contribution in [0.5, 0.6) is 46.0 Å². The lowest BCUT2D eigenvalue weighted by molar-refractivity contribution is 0.466. The van der Waals surface area contributed by atoms with E-state index in [4.69, 9.17) is 33.9 Å². The lowest BCUT2D eigenvalue weighted by Crippen LogP contribution is -2.66. The Labute approximate surface area is 467 Å². The Bertz CT molecular complexity index is 4340. The summed E-state index contributed by atoms with van der Waals surface area (Å²) in [6, 6.07) is 84.4. The molecular formula is C69H40B3N5O4. The second-order valence-corrected chi connectivity index (χ2v) is 21.3. The van der Waals surface area contributed by atoms with Gasteiger partial charge in [0.2, 0.25) is 0 Å². The number of hydrogen-bond acceptors (Lipinski definition) is 9. The molecule has 0 saturated carbocycles. The molecule has 12 heteroatoms. The van der Waals surface area contributed by atoms with E-state index in [-0.39, 0.29) is 13.4 Å². The lowest BCUT2D eigenvalue weighted by Gasteiger charge is -2.47. The molecule has 0 fully saturated rings. The zero-order chi connectivity index (χ0) is 52.9. The first-order valence-electron chi connectivity index (χ1n) is 27.4. The highest BCUT2D eigenvalue weighted by molar-refractivity contribution is 7.05. The SMILES string of the molecule is c1ccc(-c2nc(-c3ccccc3)nc(-c3cc4c5c(c3)N(c3ccccc3)c3cc6c7c(c3B5c3c(cc5c8c3Oc3ccccc3B8c3ccccc3O5)N4c3ccccc3)Oc3ccccc3B7c3ccccc3O6)n2)cc1. The van der Waals surface area contributed by atoms with Crippen molar-refractivity contribution in [2.45, 2.75) is 0 Å². The van der Waals surface area contributed by atoms with Crippen molar-refractivity contribution in [2.75, 3.05) is 9.80 Å². The molecule has 0 unspecified atom stereocenters. The fraction of sp³-hybridized carbons (Fsp3) is 0. The number of hydrogen-bond donors (Lipinski definition) is 0. The highest BCUT2D eigenvalue weighted by atomic mass is 16.5. The van der Waals surface area contributed by atoms with E-state index in [0.717, 1.165) is 146 Å². The molecule has 11 aromatic carbocycles. The van der Waals surface area contributed by atoms with Gasteiger partial charge in [0, 0.05) is 73.9 Å². The Kier molecular flexibility index (Phi) is 9.30. The maximum atomic E-state index is 7.57. The van der Waals surface area contributed by atoms with Crippen molar-refractivity contribution < 1.29 is 18.9 Å². The molecular weight excluding hydrogens is 995 g/mol. The van der Waals surface area contributed by atoms with Gasteiger partial charge in [0.05, 0.1) is 0 Å². The number of benzene rings is 11. The Hall–Kier alpha value is -10.6. The summed E-state index contributed by atoms with van der Waals surface area (Å²) in [5, 5.41) is 0. The molecule has 0 bridgehead atoms. The number of fused-ring (bicyclic) bond motifs is 14. The Morgan fingerprint density at radius 1 is 0.259 bits per heavy atom. The van der Waals surface area contributed by atoms with Crippen LogP contribution in [0.1, 0.15) is 0 Å². The first-order valence-corrected chi connectivity index (χ1v) is 27.4. The van der Waals surface area contributed by atoms with E-state index in [9.17, 15) is 0 Å². The summed E-state index contributed by atoms with van der Waals surface area (Å²) in [6.07, 6.45) is 0. The molecule has 7 heterocycles. The molecule has 12 aromatic rings. The standard InChI is InChI=1S/C69H40B3N5O4/c1-5-21-41(22-6-1)67-73-68(42-23-7-2-8-24-42)75-69(74-67)43-37-50-60-51(38-43)77(45-27-11-4-12-28-45)53-40-59-64-66(81-57-36-20-16-32-49(57)71(64)47-30-14-18-34-55(47)79-59)62(53)72(60)61-52(76(50)44-25-9-3-10-26-44)39-58-63-65(61)80-56-35-19-15-31-48(56)70(63)46-29-13-17-33-54(46)78-58/h1-40H. The van der Waals surface area contributed by atoms with Gasteiger partial charge >= 0.3 is 0 Å². The van der Waals surface area contributed by atoms with Gasteiger partial charge in [-0.2, -0.15) is 0 Å². The van der Waals surface area contributed by atoms with Crippen LogP contribution in [-0.2, 0) is 0 Å². The van der Waals surface area contributed by atoms with Gasteiger partial charge in [-0.15, -0.1) is 0 Å². The van der Waals surface area contributed by atoms with Crippen LogP contribution >= 0.6 is 0 Å². The van der Waals surface area contributed by atoms with E-state index < -0.39 is 6.71 Å². The molecule has 81 heavy (non-hydrogen) atoms. The summed E-state index contributed by atoms with van der Waals surface area (Å²) in [6.45, 7) is -0.833. The topological polar surface area (TPSA) is 82.1 Å². The first-order chi connectivity index (χ1) is 40.2. The number of para-hydroxylation sites is 6. The minimum absolute atomic E-state index is 0.173. The lowest BCUT2D eigenvalue weighted by atomic mass is 9.28. The molecule has 1 aromatic heterocycles. The Morgan fingerprint density at radius 2 is 0.580 bits per heavy atom. The van der Waals surface area contributed by atoms with Crippen molar-refractivity contribution in [3.63, 3.8) is 0 Å². The molecule has 0 atom stereocenters. The van der Waals surface area contributed by atoms with Crippen LogP contribution in [0.15, 0.2) is 243 Å². The van der Waals surface area contributed by atoms with Crippen LogP contribution in [0, 0.1) is 0 Å². The predicted octanol–water partition coefficient (Wildman–Crippen LogP) is 10.4. The van der Waals surface area contributed by atoms with Crippen molar-refractivity contribution in [3.05, 3.63) is 243 Å².